The van der Waals surface area contributed by atoms with E-state index < -0.39 is 11.4 Å². The highest BCUT2D eigenvalue weighted by Crippen LogP contribution is 2.32. The van der Waals surface area contributed by atoms with Gasteiger partial charge in [-0.2, -0.15) is 0 Å². The average molecular weight is 530 g/mol. The lowest BCUT2D eigenvalue weighted by Crippen LogP contribution is -2.28. The number of amides is 1. The van der Waals surface area contributed by atoms with E-state index in [1.807, 2.05) is 60.7 Å². The number of carbonyl (C=O) groups is 1. The van der Waals surface area contributed by atoms with Crippen LogP contribution in [0.3, 0.4) is 0 Å². The normalized spacial score (nSPS) is 11.4. The molecule has 4 aromatic carbocycles. The number of nitrogens with one attached hydrogen (secondary N) is 3. The van der Waals surface area contributed by atoms with Gasteiger partial charge in [0, 0.05) is 30.4 Å². The molecular formula is C30H31N3O4S. The van der Waals surface area contributed by atoms with Gasteiger partial charge in [0.1, 0.15) is 17.1 Å². The van der Waals surface area contributed by atoms with E-state index in [2.05, 4.69) is 28.3 Å². The minimum Gasteiger partial charge on any atom is -0.588 e. The van der Waals surface area contributed by atoms with Gasteiger partial charge >= 0.3 is 0 Å². The van der Waals surface area contributed by atoms with Crippen LogP contribution in [0.15, 0.2) is 95.9 Å². The van der Waals surface area contributed by atoms with Gasteiger partial charge in [-0.15, -0.1) is 0 Å². The van der Waals surface area contributed by atoms with Crippen LogP contribution in [-0.4, -0.2) is 37.8 Å². The SMILES string of the molecule is COc1cccc(C(=O)NCCNc2cccc(N[S+]([O-])c3cc(-c4ccccc4C)ccc3OC)c2)c1. The minimum atomic E-state index is -1.55. The van der Waals surface area contributed by atoms with E-state index in [0.717, 1.165) is 22.4 Å². The first kappa shape index (κ1) is 26.9. The van der Waals surface area contributed by atoms with Crippen LogP contribution in [0.1, 0.15) is 15.9 Å². The smallest absolute Gasteiger partial charge is 0.251 e. The molecule has 0 bridgehead atoms. The fourth-order valence-corrected chi connectivity index (χ4v) is 5.01. The van der Waals surface area contributed by atoms with Crippen LogP contribution >= 0.6 is 0 Å². The highest BCUT2D eigenvalue weighted by Gasteiger charge is 2.20. The van der Waals surface area contributed by atoms with Crippen molar-refractivity contribution in [3.63, 3.8) is 0 Å². The Labute approximate surface area is 226 Å². The van der Waals surface area contributed by atoms with E-state index >= 15 is 0 Å². The summed E-state index contributed by atoms with van der Waals surface area (Å²) in [5.74, 6) is 1.02. The van der Waals surface area contributed by atoms with Crippen molar-refractivity contribution in [1.29, 1.82) is 0 Å². The van der Waals surface area contributed by atoms with Crippen LogP contribution in [0.25, 0.3) is 11.1 Å². The highest BCUT2D eigenvalue weighted by molar-refractivity contribution is 7.92. The lowest BCUT2D eigenvalue weighted by Gasteiger charge is -2.16. The van der Waals surface area contributed by atoms with Crippen molar-refractivity contribution in [3.8, 4) is 22.6 Å². The first-order valence-electron chi connectivity index (χ1n) is 12.2. The Balaban J connectivity index is 1.37. The molecule has 1 unspecified atom stereocenters. The number of ether oxygens (including phenoxy) is 2. The maximum absolute atomic E-state index is 13.3. The molecule has 0 aliphatic rings. The molecule has 0 heterocycles. The van der Waals surface area contributed by atoms with E-state index in [1.165, 1.54) is 0 Å². The molecule has 3 N–H and O–H groups in total. The topological polar surface area (TPSA) is 94.7 Å². The summed E-state index contributed by atoms with van der Waals surface area (Å²) in [4.78, 5) is 12.9. The maximum atomic E-state index is 13.3. The number of carbonyl (C=O) groups excluding carboxylic acids is 1. The third-order valence-electron chi connectivity index (χ3n) is 5.96. The molecule has 0 saturated heterocycles. The molecule has 38 heavy (non-hydrogen) atoms. The largest absolute Gasteiger partial charge is 0.588 e. The second kappa shape index (κ2) is 12.9. The number of benzene rings is 4. The monoisotopic (exact) mass is 529 g/mol. The molecule has 0 fully saturated rings. The predicted octanol–water partition coefficient (Wildman–Crippen LogP) is 5.66. The van der Waals surface area contributed by atoms with E-state index in [0.29, 0.717) is 40.7 Å². The van der Waals surface area contributed by atoms with Gasteiger partial charge in [-0.1, -0.05) is 42.5 Å². The third-order valence-corrected chi connectivity index (χ3v) is 7.10. The molecule has 0 radical (unpaired) electrons. The number of aryl methyl sites for hydroxylation is 1. The fourth-order valence-electron chi connectivity index (χ4n) is 3.99. The molecule has 0 aromatic heterocycles. The van der Waals surface area contributed by atoms with E-state index in [1.54, 1.807) is 38.5 Å². The Morgan fingerprint density at radius 3 is 2.42 bits per heavy atom. The van der Waals surface area contributed by atoms with Crippen molar-refractivity contribution in [2.45, 2.75) is 11.8 Å². The third kappa shape index (κ3) is 6.79. The Hall–Kier alpha value is -4.14. The van der Waals surface area contributed by atoms with Crippen molar-refractivity contribution in [2.75, 3.05) is 37.3 Å². The molecule has 1 amide bonds. The fraction of sp³-hybridized carbons (Fsp3) is 0.167. The van der Waals surface area contributed by atoms with Crippen molar-refractivity contribution >= 4 is 28.6 Å². The van der Waals surface area contributed by atoms with Crippen molar-refractivity contribution in [1.82, 2.24) is 5.32 Å². The van der Waals surface area contributed by atoms with Crippen LogP contribution in [0, 0.1) is 6.92 Å². The van der Waals surface area contributed by atoms with Crippen LogP contribution in [0.5, 0.6) is 11.5 Å². The van der Waals surface area contributed by atoms with Crippen molar-refractivity contribution < 1.29 is 18.8 Å². The maximum Gasteiger partial charge on any atom is 0.251 e. The summed E-state index contributed by atoms with van der Waals surface area (Å²) >= 11 is -1.55. The molecule has 4 rings (SSSR count). The van der Waals surface area contributed by atoms with E-state index in [9.17, 15) is 9.35 Å². The predicted molar refractivity (Wildman–Crippen MR) is 153 cm³/mol. The van der Waals surface area contributed by atoms with Gasteiger partial charge in [0.25, 0.3) is 5.91 Å². The van der Waals surface area contributed by atoms with E-state index in [-0.39, 0.29) is 5.91 Å². The minimum absolute atomic E-state index is 0.168. The first-order valence-corrected chi connectivity index (χ1v) is 13.3. The van der Waals surface area contributed by atoms with Crippen LogP contribution in [0.2, 0.25) is 0 Å². The lowest BCUT2D eigenvalue weighted by molar-refractivity contribution is 0.0955. The second-order valence-corrected chi connectivity index (χ2v) is 9.73. The standard InChI is InChI=1S/C30H31N3O4S/c1-21-8-4-5-13-27(21)22-14-15-28(37-3)29(19-22)38(35)33-25-11-7-10-24(20-25)31-16-17-32-30(34)23-9-6-12-26(18-23)36-2/h4-15,18-20,31,33H,16-17H2,1-3H3,(H,32,34). The number of anilines is 2. The second-order valence-electron chi connectivity index (χ2n) is 8.55. The molecule has 0 aliphatic carbocycles. The average Bonchev–Trinajstić information content (AvgIpc) is 2.95. The first-order chi connectivity index (χ1) is 18.5. The van der Waals surface area contributed by atoms with Crippen LogP contribution in [0.4, 0.5) is 11.4 Å². The summed E-state index contributed by atoms with van der Waals surface area (Å²) in [6.45, 7) is 3.01. The lowest BCUT2D eigenvalue weighted by atomic mass is 10.0. The van der Waals surface area contributed by atoms with Gasteiger partial charge in [-0.05, 0) is 66.1 Å². The van der Waals surface area contributed by atoms with Gasteiger partial charge in [0.05, 0.1) is 19.9 Å². The zero-order valence-electron chi connectivity index (χ0n) is 21.6. The van der Waals surface area contributed by atoms with Gasteiger partial charge < -0.3 is 24.7 Å². The molecule has 0 aliphatic heterocycles. The molecule has 4 aromatic rings. The van der Waals surface area contributed by atoms with Gasteiger partial charge in [0.15, 0.2) is 5.75 Å². The van der Waals surface area contributed by atoms with Crippen LogP contribution < -0.4 is 24.8 Å². The summed E-state index contributed by atoms with van der Waals surface area (Å²) in [7, 11) is 3.14. The molecule has 196 valence electrons. The Kier molecular flexibility index (Phi) is 9.13. The Bertz CT molecular complexity index is 1400. The van der Waals surface area contributed by atoms with Crippen LogP contribution in [-0.2, 0) is 11.4 Å². The van der Waals surface area contributed by atoms with Crippen molar-refractivity contribution in [3.05, 3.63) is 102 Å². The number of hydrogen-bond donors (Lipinski definition) is 3. The summed E-state index contributed by atoms with van der Waals surface area (Å²) in [5, 5.41) is 6.17. The summed E-state index contributed by atoms with van der Waals surface area (Å²) in [6, 6.07) is 28.3. The molecule has 0 spiro atoms. The Morgan fingerprint density at radius 2 is 1.63 bits per heavy atom. The summed E-state index contributed by atoms with van der Waals surface area (Å²) in [6.07, 6.45) is 0. The molecule has 1 atom stereocenters. The zero-order chi connectivity index (χ0) is 26.9. The van der Waals surface area contributed by atoms with Gasteiger partial charge in [-0.3, -0.25) is 4.79 Å². The molecule has 7 nitrogen and oxygen atoms in total. The highest BCUT2D eigenvalue weighted by atomic mass is 32.2. The van der Waals surface area contributed by atoms with Gasteiger partial charge in [0.2, 0.25) is 4.90 Å². The zero-order valence-corrected chi connectivity index (χ0v) is 22.4. The van der Waals surface area contributed by atoms with Gasteiger partial charge in [-0.25, -0.2) is 4.72 Å². The van der Waals surface area contributed by atoms with Crippen molar-refractivity contribution in [2.24, 2.45) is 0 Å². The number of hydrogen-bond acceptors (Lipinski definition) is 6. The van der Waals surface area contributed by atoms with E-state index in [4.69, 9.17) is 9.47 Å². The molecule has 8 heteroatoms. The molecular weight excluding hydrogens is 498 g/mol. The summed E-state index contributed by atoms with van der Waals surface area (Å²) < 4.78 is 27.1. The summed E-state index contributed by atoms with van der Waals surface area (Å²) in [5.41, 5.74) is 5.26. The number of methoxy groups -OCH3 is 2. The quantitative estimate of drug-likeness (QED) is 0.172. The molecule has 0 saturated carbocycles. The number of rotatable bonds is 11. The Morgan fingerprint density at radius 1 is 0.842 bits per heavy atom.